The van der Waals surface area contributed by atoms with Gasteiger partial charge in [0, 0.05) is 31.3 Å². The van der Waals surface area contributed by atoms with E-state index in [1.165, 1.54) is 0 Å². The van der Waals surface area contributed by atoms with Gasteiger partial charge in [-0.15, -0.1) is 0 Å². The standard InChI is InChI=1S/C21H27FN2O4/c1-21(2,3)28-19(25)7-4-14(11-22)13-27-18-10-15-8-9-24(16-5-6-16)20(26)17(15)12-23-18/h10-12,16H,4-9,13H2,1-3H3/b14-11+. The lowest BCUT2D eigenvalue weighted by atomic mass is 10.0. The van der Waals surface area contributed by atoms with E-state index in [2.05, 4.69) is 4.98 Å². The first-order chi connectivity index (χ1) is 13.3. The average molecular weight is 390 g/mol. The first kappa shape index (κ1) is 20.3. The molecule has 1 amide bonds. The average Bonchev–Trinajstić information content (AvgIpc) is 3.45. The van der Waals surface area contributed by atoms with Crippen molar-refractivity contribution < 1.29 is 23.5 Å². The molecule has 2 aliphatic rings. The molecule has 0 N–H and O–H groups in total. The molecule has 0 saturated heterocycles. The van der Waals surface area contributed by atoms with Gasteiger partial charge in [-0.1, -0.05) is 0 Å². The van der Waals surface area contributed by atoms with Gasteiger partial charge in [-0.25, -0.2) is 9.37 Å². The Morgan fingerprint density at radius 2 is 2.11 bits per heavy atom. The molecule has 1 aromatic rings. The number of fused-ring (bicyclic) bond motifs is 1. The first-order valence-electron chi connectivity index (χ1n) is 9.69. The van der Waals surface area contributed by atoms with Crippen molar-refractivity contribution in [1.82, 2.24) is 9.88 Å². The highest BCUT2D eigenvalue weighted by Crippen LogP contribution is 2.32. The molecule has 0 aromatic carbocycles. The molecule has 0 radical (unpaired) electrons. The van der Waals surface area contributed by atoms with Crippen LogP contribution in [-0.4, -0.2) is 46.6 Å². The molecule has 6 nitrogen and oxygen atoms in total. The number of carbonyl (C=O) groups is 2. The van der Waals surface area contributed by atoms with E-state index < -0.39 is 5.60 Å². The number of esters is 1. The number of amides is 1. The van der Waals surface area contributed by atoms with Crippen molar-refractivity contribution in [2.45, 2.75) is 64.5 Å². The van der Waals surface area contributed by atoms with E-state index >= 15 is 0 Å². The zero-order valence-electron chi connectivity index (χ0n) is 16.7. The van der Waals surface area contributed by atoms with Crippen LogP contribution in [0.2, 0.25) is 0 Å². The van der Waals surface area contributed by atoms with Crippen molar-refractivity contribution in [3.05, 3.63) is 35.3 Å². The Morgan fingerprint density at radius 1 is 1.36 bits per heavy atom. The Kier molecular flexibility index (Phi) is 6.01. The van der Waals surface area contributed by atoms with Crippen LogP contribution in [0.15, 0.2) is 24.2 Å². The van der Waals surface area contributed by atoms with E-state index in [1.54, 1.807) is 33.0 Å². The fourth-order valence-corrected chi connectivity index (χ4v) is 3.17. The normalized spacial score (nSPS) is 17.4. The summed E-state index contributed by atoms with van der Waals surface area (Å²) in [5, 5.41) is 0. The number of rotatable bonds is 7. The molecule has 0 atom stereocenters. The lowest BCUT2D eigenvalue weighted by Gasteiger charge is -2.28. The third-order valence-electron chi connectivity index (χ3n) is 4.70. The van der Waals surface area contributed by atoms with Crippen LogP contribution in [-0.2, 0) is 16.0 Å². The van der Waals surface area contributed by atoms with Crippen LogP contribution in [0.1, 0.15) is 62.4 Å². The molecule has 1 aliphatic carbocycles. The summed E-state index contributed by atoms with van der Waals surface area (Å²) in [6, 6.07) is 2.14. The predicted molar refractivity (Wildman–Crippen MR) is 102 cm³/mol. The smallest absolute Gasteiger partial charge is 0.306 e. The van der Waals surface area contributed by atoms with E-state index in [0.717, 1.165) is 24.8 Å². The van der Waals surface area contributed by atoms with Gasteiger partial charge in [-0.2, -0.15) is 0 Å². The van der Waals surface area contributed by atoms with Crippen molar-refractivity contribution in [3.8, 4) is 5.88 Å². The monoisotopic (exact) mass is 390 g/mol. The second-order valence-corrected chi connectivity index (χ2v) is 8.30. The summed E-state index contributed by atoms with van der Waals surface area (Å²) in [5.74, 6) is 0.00466. The summed E-state index contributed by atoms with van der Waals surface area (Å²) in [7, 11) is 0. The molecule has 2 heterocycles. The van der Waals surface area contributed by atoms with Gasteiger partial charge in [0.25, 0.3) is 5.91 Å². The summed E-state index contributed by atoms with van der Waals surface area (Å²) in [4.78, 5) is 30.4. The largest absolute Gasteiger partial charge is 0.473 e. The van der Waals surface area contributed by atoms with Crippen molar-refractivity contribution in [2.24, 2.45) is 0 Å². The van der Waals surface area contributed by atoms with Gasteiger partial charge in [0.1, 0.15) is 12.2 Å². The molecule has 0 unspecified atom stereocenters. The van der Waals surface area contributed by atoms with Crippen LogP contribution < -0.4 is 4.74 Å². The summed E-state index contributed by atoms with van der Waals surface area (Å²) >= 11 is 0. The minimum Gasteiger partial charge on any atom is -0.473 e. The maximum absolute atomic E-state index is 13.1. The number of ether oxygens (including phenoxy) is 2. The molecule has 1 aliphatic heterocycles. The van der Waals surface area contributed by atoms with E-state index in [0.29, 0.717) is 35.9 Å². The van der Waals surface area contributed by atoms with E-state index in [-0.39, 0.29) is 31.3 Å². The van der Waals surface area contributed by atoms with Crippen LogP contribution in [0.3, 0.4) is 0 Å². The summed E-state index contributed by atoms with van der Waals surface area (Å²) in [6.07, 6.45) is 5.22. The fraction of sp³-hybridized carbons (Fsp3) is 0.571. The van der Waals surface area contributed by atoms with Crippen molar-refractivity contribution in [1.29, 1.82) is 0 Å². The van der Waals surface area contributed by atoms with Gasteiger partial charge < -0.3 is 14.4 Å². The number of halogens is 1. The Balaban J connectivity index is 1.53. The Hall–Kier alpha value is -2.44. The lowest BCUT2D eigenvalue weighted by molar-refractivity contribution is -0.154. The molecule has 7 heteroatoms. The lowest BCUT2D eigenvalue weighted by Crippen LogP contribution is -2.39. The molecule has 1 fully saturated rings. The minimum atomic E-state index is -0.563. The number of pyridine rings is 1. The summed E-state index contributed by atoms with van der Waals surface area (Å²) < 4.78 is 23.9. The van der Waals surface area contributed by atoms with E-state index in [9.17, 15) is 14.0 Å². The summed E-state index contributed by atoms with van der Waals surface area (Å²) in [5.41, 5.74) is 1.32. The molecule has 152 valence electrons. The highest BCUT2D eigenvalue weighted by molar-refractivity contribution is 5.96. The zero-order chi connectivity index (χ0) is 20.3. The molecule has 1 aromatic heterocycles. The molecule has 28 heavy (non-hydrogen) atoms. The third kappa shape index (κ3) is 5.30. The van der Waals surface area contributed by atoms with Gasteiger partial charge in [-0.3, -0.25) is 9.59 Å². The van der Waals surface area contributed by atoms with Crippen molar-refractivity contribution >= 4 is 11.9 Å². The quantitative estimate of drug-likeness (QED) is 0.666. The van der Waals surface area contributed by atoms with Crippen LogP contribution in [0.4, 0.5) is 4.39 Å². The molecule has 0 bridgehead atoms. The maximum Gasteiger partial charge on any atom is 0.306 e. The predicted octanol–water partition coefficient (Wildman–Crippen LogP) is 3.60. The summed E-state index contributed by atoms with van der Waals surface area (Å²) in [6.45, 7) is 6.07. The van der Waals surface area contributed by atoms with E-state index in [4.69, 9.17) is 9.47 Å². The minimum absolute atomic E-state index is 0.00672. The number of aromatic nitrogens is 1. The van der Waals surface area contributed by atoms with Crippen molar-refractivity contribution in [3.63, 3.8) is 0 Å². The molecular formula is C21H27FN2O4. The highest BCUT2D eigenvalue weighted by atomic mass is 19.1. The van der Waals surface area contributed by atoms with Gasteiger partial charge in [0.15, 0.2) is 0 Å². The van der Waals surface area contributed by atoms with Crippen LogP contribution in [0.5, 0.6) is 5.88 Å². The Morgan fingerprint density at radius 3 is 2.75 bits per heavy atom. The van der Waals surface area contributed by atoms with Gasteiger partial charge >= 0.3 is 5.97 Å². The Bertz CT molecular complexity index is 781. The second kappa shape index (κ2) is 8.29. The van der Waals surface area contributed by atoms with Gasteiger partial charge in [0.05, 0.1) is 11.9 Å². The molecular weight excluding hydrogens is 363 g/mol. The van der Waals surface area contributed by atoms with Crippen LogP contribution in [0, 0.1) is 0 Å². The van der Waals surface area contributed by atoms with Crippen molar-refractivity contribution in [2.75, 3.05) is 13.2 Å². The van der Waals surface area contributed by atoms with Gasteiger partial charge in [0.2, 0.25) is 5.88 Å². The SMILES string of the molecule is CC(C)(C)OC(=O)CC/C(=C\F)COc1cc2c(cn1)C(=O)N(C1CC1)CC2. The third-order valence-corrected chi connectivity index (χ3v) is 4.70. The maximum atomic E-state index is 13.1. The number of nitrogens with zero attached hydrogens (tertiary/aromatic N) is 2. The van der Waals surface area contributed by atoms with E-state index in [1.807, 2.05) is 4.90 Å². The molecule has 0 spiro atoms. The second-order valence-electron chi connectivity index (χ2n) is 8.30. The van der Waals surface area contributed by atoms with Crippen LogP contribution >= 0.6 is 0 Å². The number of hydrogen-bond donors (Lipinski definition) is 0. The van der Waals surface area contributed by atoms with Crippen LogP contribution in [0.25, 0.3) is 0 Å². The number of carbonyl (C=O) groups excluding carboxylic acids is 2. The first-order valence-corrected chi connectivity index (χ1v) is 9.69. The highest BCUT2D eigenvalue weighted by Gasteiger charge is 2.36. The zero-order valence-corrected chi connectivity index (χ0v) is 16.7. The topological polar surface area (TPSA) is 68.7 Å². The van der Waals surface area contributed by atoms with Gasteiger partial charge in [-0.05, 0) is 57.6 Å². The molecule has 3 rings (SSSR count). The fourth-order valence-electron chi connectivity index (χ4n) is 3.17. The number of hydrogen-bond acceptors (Lipinski definition) is 5. The molecule has 1 saturated carbocycles. The Labute approximate surface area is 164 Å².